The highest BCUT2D eigenvalue weighted by atomic mass is 16.5. The van der Waals surface area contributed by atoms with Gasteiger partial charge in [-0.15, -0.1) is 6.58 Å². The van der Waals surface area contributed by atoms with E-state index in [2.05, 4.69) is 11.9 Å². The zero-order valence-corrected chi connectivity index (χ0v) is 26.4. The van der Waals surface area contributed by atoms with E-state index in [4.69, 9.17) is 14.5 Å². The molecule has 0 radical (unpaired) electrons. The van der Waals surface area contributed by atoms with Gasteiger partial charge in [-0.25, -0.2) is 14.6 Å². The second-order valence-corrected chi connectivity index (χ2v) is 12.6. The summed E-state index contributed by atoms with van der Waals surface area (Å²) in [7, 11) is 1.58. The van der Waals surface area contributed by atoms with E-state index in [1.807, 2.05) is 72.8 Å². The van der Waals surface area contributed by atoms with Crippen LogP contribution in [0, 0.1) is 5.92 Å². The summed E-state index contributed by atoms with van der Waals surface area (Å²) in [6.07, 6.45) is 2.36. The molecular weight excluding hydrogens is 612 g/mol. The summed E-state index contributed by atoms with van der Waals surface area (Å²) in [6.45, 7) is 3.69. The van der Waals surface area contributed by atoms with E-state index in [9.17, 15) is 24.7 Å². The Morgan fingerprint density at radius 1 is 1.08 bits per heavy atom. The van der Waals surface area contributed by atoms with Gasteiger partial charge >= 0.3 is 12.0 Å². The fraction of sp³-hybridized carbons (Fsp3) is 0.297. The number of ether oxygens (including phenoxy) is 2. The molecule has 11 nitrogen and oxygen atoms in total. The lowest BCUT2D eigenvalue weighted by Gasteiger charge is -2.31. The average molecular weight is 649 g/mol. The van der Waals surface area contributed by atoms with E-state index in [0.717, 1.165) is 16.7 Å². The van der Waals surface area contributed by atoms with Crippen molar-refractivity contribution in [3.8, 4) is 22.8 Å². The van der Waals surface area contributed by atoms with Crippen LogP contribution in [0.4, 0.5) is 4.79 Å². The summed E-state index contributed by atoms with van der Waals surface area (Å²) in [6, 6.07) is 22.1. The lowest BCUT2D eigenvalue weighted by atomic mass is 10.1. The number of carbonyl (C=O) groups excluding carboxylic acids is 2. The molecule has 1 aromatic heterocycles. The molecule has 48 heavy (non-hydrogen) atoms. The summed E-state index contributed by atoms with van der Waals surface area (Å²) in [5.74, 6) is -1.10. The number of likely N-dealkylation sites (tertiary alicyclic amines) is 1. The minimum atomic E-state index is -1.49. The molecule has 3 amide bonds. The number of hydrogen-bond acceptors (Lipinski definition) is 7. The van der Waals surface area contributed by atoms with Crippen molar-refractivity contribution in [1.29, 1.82) is 0 Å². The second-order valence-electron chi connectivity index (χ2n) is 12.6. The van der Waals surface area contributed by atoms with Gasteiger partial charge in [-0.3, -0.25) is 10.0 Å². The molecule has 1 aliphatic heterocycles. The van der Waals surface area contributed by atoms with E-state index in [-0.39, 0.29) is 19.4 Å². The van der Waals surface area contributed by atoms with Gasteiger partial charge in [0, 0.05) is 35.4 Å². The molecule has 0 bridgehead atoms. The van der Waals surface area contributed by atoms with Crippen molar-refractivity contribution in [3.05, 3.63) is 103 Å². The third-order valence-corrected chi connectivity index (χ3v) is 9.77. The Kier molecular flexibility index (Phi) is 8.00. The van der Waals surface area contributed by atoms with Crippen molar-refractivity contribution in [1.82, 2.24) is 20.3 Å². The maximum absolute atomic E-state index is 14.0. The molecule has 3 aromatic carbocycles. The standard InChI is InChI=1S/C37H36N4O7/c1-3-24-20-37(24,35(43)44)39-34(42)32-18-26(21-40(32)36(45)41(46)31-16-13-22-9-7-8-12-27(22)31)48-33-19-29(23-10-5-4-6-11-23)38-30-17-25(47-2)14-15-28(30)33/h3-12,14-15,17,19,24,26,31-32,46H,1,13,16,18,20-21H2,2H3,(H,39,42)(H,43,44)/t24-,26-,31?,32+,37-/m1/s1. The highest BCUT2D eigenvalue weighted by molar-refractivity contribution is 5.95. The summed E-state index contributed by atoms with van der Waals surface area (Å²) in [4.78, 5) is 46.2. The Bertz CT molecular complexity index is 1920. The molecule has 2 fully saturated rings. The zero-order chi connectivity index (χ0) is 33.6. The first-order valence-electron chi connectivity index (χ1n) is 16.0. The van der Waals surface area contributed by atoms with Crippen LogP contribution >= 0.6 is 0 Å². The summed E-state index contributed by atoms with van der Waals surface area (Å²) >= 11 is 0. The van der Waals surface area contributed by atoms with Crippen molar-refractivity contribution in [2.24, 2.45) is 5.92 Å². The van der Waals surface area contributed by atoms with Gasteiger partial charge in [0.25, 0.3) is 0 Å². The molecule has 2 heterocycles. The van der Waals surface area contributed by atoms with Crippen molar-refractivity contribution < 1.29 is 34.2 Å². The highest BCUT2D eigenvalue weighted by Gasteiger charge is 2.61. The number of hydrogen-bond donors (Lipinski definition) is 3. The van der Waals surface area contributed by atoms with Gasteiger partial charge in [-0.2, -0.15) is 5.06 Å². The number of methoxy groups -OCH3 is 1. The first-order chi connectivity index (χ1) is 23.2. The number of nitrogens with one attached hydrogen (secondary N) is 1. The molecule has 3 N–H and O–H groups in total. The number of aliphatic carboxylic acids is 1. The molecule has 5 atom stereocenters. The molecule has 1 saturated heterocycles. The Labute approximate surface area is 277 Å². The number of amides is 3. The van der Waals surface area contributed by atoms with E-state index in [0.29, 0.717) is 46.0 Å². The van der Waals surface area contributed by atoms with Crippen LogP contribution in [0.15, 0.2) is 91.5 Å². The van der Waals surface area contributed by atoms with E-state index in [1.165, 1.54) is 11.0 Å². The molecule has 4 aromatic rings. The van der Waals surface area contributed by atoms with Crippen molar-refractivity contribution in [3.63, 3.8) is 0 Å². The van der Waals surface area contributed by atoms with Crippen LogP contribution in [-0.4, -0.2) is 74.5 Å². The van der Waals surface area contributed by atoms with Gasteiger partial charge in [0.2, 0.25) is 5.91 Å². The van der Waals surface area contributed by atoms with Crippen molar-refractivity contribution >= 4 is 28.8 Å². The number of carboxylic acid groups (broad SMARTS) is 1. The molecule has 2 aliphatic carbocycles. The van der Waals surface area contributed by atoms with Gasteiger partial charge < -0.3 is 24.8 Å². The van der Waals surface area contributed by atoms with Crippen LogP contribution in [0.3, 0.4) is 0 Å². The number of aromatic nitrogens is 1. The van der Waals surface area contributed by atoms with E-state index in [1.54, 1.807) is 13.2 Å². The number of pyridine rings is 1. The van der Waals surface area contributed by atoms with Crippen LogP contribution in [0.25, 0.3) is 22.2 Å². The molecule has 7 rings (SSSR count). The lowest BCUT2D eigenvalue weighted by Crippen LogP contribution is -2.55. The number of aryl methyl sites for hydroxylation is 1. The minimum Gasteiger partial charge on any atom is -0.497 e. The number of carbonyl (C=O) groups is 3. The topological polar surface area (TPSA) is 142 Å². The highest BCUT2D eigenvalue weighted by Crippen LogP contribution is 2.45. The van der Waals surface area contributed by atoms with Crippen LogP contribution < -0.4 is 14.8 Å². The maximum atomic E-state index is 14.0. The number of carboxylic acids is 1. The number of urea groups is 1. The fourth-order valence-corrected chi connectivity index (χ4v) is 7.05. The smallest absolute Gasteiger partial charge is 0.345 e. The molecular formula is C37H36N4O7. The lowest BCUT2D eigenvalue weighted by molar-refractivity contribution is -0.144. The third-order valence-electron chi connectivity index (χ3n) is 9.77. The van der Waals surface area contributed by atoms with Crippen LogP contribution in [-0.2, 0) is 16.0 Å². The summed E-state index contributed by atoms with van der Waals surface area (Å²) < 4.78 is 12.0. The molecule has 1 saturated carbocycles. The average Bonchev–Trinajstić information content (AvgIpc) is 3.42. The summed E-state index contributed by atoms with van der Waals surface area (Å²) in [5.41, 5.74) is 2.60. The van der Waals surface area contributed by atoms with Gasteiger partial charge in [0.1, 0.15) is 29.2 Å². The molecule has 246 valence electrons. The van der Waals surface area contributed by atoms with Gasteiger partial charge in [0.05, 0.1) is 30.9 Å². The Morgan fingerprint density at radius 3 is 2.58 bits per heavy atom. The molecule has 1 unspecified atom stereocenters. The molecule has 3 aliphatic rings. The SMILES string of the molecule is C=C[C@@H]1C[C@]1(NC(=O)[C@@H]1C[C@@H](Oc2cc(-c3ccccc3)nc3cc(OC)ccc23)CN1C(=O)N(O)C1CCc2ccccc21)C(=O)O. The minimum absolute atomic E-state index is 0.0199. The molecule has 0 spiro atoms. The van der Waals surface area contributed by atoms with Crippen molar-refractivity contribution in [2.45, 2.75) is 49.4 Å². The van der Waals surface area contributed by atoms with Crippen molar-refractivity contribution in [2.75, 3.05) is 13.7 Å². The normalized spacial score (nSPS) is 24.1. The Balaban J connectivity index is 1.21. The first kappa shape index (κ1) is 31.2. The van der Waals surface area contributed by atoms with E-state index < -0.39 is 47.6 Å². The second kappa shape index (κ2) is 12.3. The monoisotopic (exact) mass is 648 g/mol. The maximum Gasteiger partial charge on any atom is 0.345 e. The predicted octanol–water partition coefficient (Wildman–Crippen LogP) is 5.38. The largest absolute Gasteiger partial charge is 0.497 e. The third kappa shape index (κ3) is 5.49. The van der Waals surface area contributed by atoms with E-state index >= 15 is 0 Å². The quantitative estimate of drug-likeness (QED) is 0.125. The molecule has 11 heteroatoms. The number of benzene rings is 3. The predicted molar refractivity (Wildman–Crippen MR) is 177 cm³/mol. The van der Waals surface area contributed by atoms with Gasteiger partial charge in [0.15, 0.2) is 0 Å². The Hall–Kier alpha value is -5.42. The van der Waals surface area contributed by atoms with Crippen LogP contribution in [0.5, 0.6) is 11.5 Å². The van der Waals surface area contributed by atoms with Crippen LogP contribution in [0.1, 0.15) is 36.4 Å². The fourth-order valence-electron chi connectivity index (χ4n) is 7.05. The van der Waals surface area contributed by atoms with Crippen LogP contribution in [0.2, 0.25) is 0 Å². The first-order valence-corrected chi connectivity index (χ1v) is 16.0. The number of fused-ring (bicyclic) bond motifs is 2. The van der Waals surface area contributed by atoms with Gasteiger partial charge in [-0.05, 0) is 42.5 Å². The van der Waals surface area contributed by atoms with Gasteiger partial charge in [-0.1, -0.05) is 60.7 Å². The Morgan fingerprint density at radius 2 is 1.85 bits per heavy atom. The zero-order valence-electron chi connectivity index (χ0n) is 26.4. The number of hydroxylamine groups is 2. The number of nitrogens with zero attached hydrogens (tertiary/aromatic N) is 3. The summed E-state index contributed by atoms with van der Waals surface area (Å²) in [5, 5.41) is 25.4. The number of rotatable bonds is 9.